The Morgan fingerprint density at radius 2 is 1.47 bits per heavy atom. The lowest BCUT2D eigenvalue weighted by molar-refractivity contribution is 0.0978. The summed E-state index contributed by atoms with van der Waals surface area (Å²) >= 11 is 0. The van der Waals surface area contributed by atoms with E-state index in [0.717, 1.165) is 37.8 Å². The highest BCUT2D eigenvalue weighted by Gasteiger charge is 2.14. The molecule has 0 amide bonds. The minimum atomic E-state index is -1.53. The van der Waals surface area contributed by atoms with Crippen LogP contribution in [0.2, 0.25) is 0 Å². The first-order valence-electron chi connectivity index (χ1n) is 6.74. The van der Waals surface area contributed by atoms with Crippen molar-refractivity contribution in [3.8, 4) is 0 Å². The Morgan fingerprint density at radius 3 is 2.05 bits per heavy atom. The first kappa shape index (κ1) is 15.7. The lowest BCUT2D eigenvalue weighted by Crippen LogP contribution is -2.03. The maximum Gasteiger partial charge on any atom is 0.194 e. The third-order valence-corrected chi connectivity index (χ3v) is 3.06. The third kappa shape index (κ3) is 5.05. The summed E-state index contributed by atoms with van der Waals surface area (Å²) in [5, 5.41) is 0. The summed E-state index contributed by atoms with van der Waals surface area (Å²) in [5.74, 6) is -4.50. The summed E-state index contributed by atoms with van der Waals surface area (Å²) in [4.78, 5) is 11.7. The van der Waals surface area contributed by atoms with Gasteiger partial charge in [-0.25, -0.2) is 13.2 Å². The average molecular weight is 272 g/mol. The molecule has 0 radical (unpaired) electrons. The van der Waals surface area contributed by atoms with E-state index >= 15 is 0 Å². The number of carbonyl (C=O) groups is 1. The molecule has 0 aromatic heterocycles. The van der Waals surface area contributed by atoms with Crippen LogP contribution in [0.15, 0.2) is 12.1 Å². The van der Waals surface area contributed by atoms with E-state index in [9.17, 15) is 18.0 Å². The van der Waals surface area contributed by atoms with Gasteiger partial charge in [-0.2, -0.15) is 0 Å². The Labute approximate surface area is 111 Å². The molecule has 0 fully saturated rings. The number of carbonyl (C=O) groups excluding carboxylic acids is 1. The molecule has 0 aliphatic rings. The number of hydrogen-bond donors (Lipinski definition) is 0. The van der Waals surface area contributed by atoms with Crippen LogP contribution in [0.1, 0.15) is 62.2 Å². The second-order valence-corrected chi connectivity index (χ2v) is 4.69. The van der Waals surface area contributed by atoms with Crippen molar-refractivity contribution in [3.63, 3.8) is 0 Å². The van der Waals surface area contributed by atoms with Crippen molar-refractivity contribution < 1.29 is 18.0 Å². The number of halogens is 3. The molecule has 0 saturated heterocycles. The quantitative estimate of drug-likeness (QED) is 0.368. The van der Waals surface area contributed by atoms with Crippen molar-refractivity contribution >= 4 is 5.78 Å². The van der Waals surface area contributed by atoms with Crippen LogP contribution >= 0.6 is 0 Å². The molecule has 1 aromatic rings. The fraction of sp³-hybridized carbons (Fsp3) is 0.533. The van der Waals surface area contributed by atoms with E-state index < -0.39 is 17.5 Å². The summed E-state index contributed by atoms with van der Waals surface area (Å²) in [6.45, 7) is 2.13. The van der Waals surface area contributed by atoms with Gasteiger partial charge >= 0.3 is 0 Å². The zero-order valence-corrected chi connectivity index (χ0v) is 11.1. The molecular formula is C15H19F3O. The Morgan fingerprint density at radius 1 is 0.947 bits per heavy atom. The van der Waals surface area contributed by atoms with Crippen molar-refractivity contribution in [1.29, 1.82) is 0 Å². The molecule has 0 heterocycles. The molecule has 19 heavy (non-hydrogen) atoms. The number of ketones is 1. The Hall–Kier alpha value is -1.32. The van der Waals surface area contributed by atoms with E-state index in [1.807, 2.05) is 0 Å². The van der Waals surface area contributed by atoms with E-state index in [4.69, 9.17) is 0 Å². The van der Waals surface area contributed by atoms with Crippen molar-refractivity contribution in [2.24, 2.45) is 0 Å². The van der Waals surface area contributed by atoms with Gasteiger partial charge in [0.2, 0.25) is 0 Å². The number of hydrogen-bond acceptors (Lipinski definition) is 1. The first-order chi connectivity index (χ1) is 9.06. The summed E-state index contributed by atoms with van der Waals surface area (Å²) in [6, 6.07) is 1.52. The van der Waals surface area contributed by atoms with Crippen molar-refractivity contribution in [2.75, 3.05) is 0 Å². The lowest BCUT2D eigenvalue weighted by Gasteiger charge is -2.03. The van der Waals surface area contributed by atoms with Gasteiger partial charge in [-0.05, 0) is 18.6 Å². The SMILES string of the molecule is CCCCCCCCC(=O)c1cc(F)c(F)c(F)c1. The Bertz CT molecular complexity index is 406. The van der Waals surface area contributed by atoms with Crippen molar-refractivity contribution in [2.45, 2.75) is 51.9 Å². The molecule has 0 saturated carbocycles. The molecule has 106 valence electrons. The Balaban J connectivity index is 2.42. The van der Waals surface area contributed by atoms with Crippen LogP contribution in [0.5, 0.6) is 0 Å². The number of benzene rings is 1. The molecule has 1 aromatic carbocycles. The van der Waals surface area contributed by atoms with E-state index in [-0.39, 0.29) is 17.8 Å². The minimum Gasteiger partial charge on any atom is -0.294 e. The normalized spacial score (nSPS) is 10.7. The van der Waals surface area contributed by atoms with Gasteiger partial charge < -0.3 is 0 Å². The zero-order valence-electron chi connectivity index (χ0n) is 11.1. The summed E-state index contributed by atoms with van der Waals surface area (Å²) in [6.07, 6.45) is 6.42. The molecule has 0 bridgehead atoms. The highest BCUT2D eigenvalue weighted by Crippen LogP contribution is 2.16. The monoisotopic (exact) mass is 272 g/mol. The number of unbranched alkanes of at least 4 members (excludes halogenated alkanes) is 5. The molecule has 0 N–H and O–H groups in total. The van der Waals surface area contributed by atoms with Crippen LogP contribution in [-0.2, 0) is 0 Å². The molecule has 0 spiro atoms. The largest absolute Gasteiger partial charge is 0.294 e. The van der Waals surface area contributed by atoms with Crippen LogP contribution in [-0.4, -0.2) is 5.78 Å². The summed E-state index contributed by atoms with van der Waals surface area (Å²) in [7, 11) is 0. The molecular weight excluding hydrogens is 253 g/mol. The Kier molecular flexibility index (Phi) is 6.60. The summed E-state index contributed by atoms with van der Waals surface area (Å²) < 4.78 is 38.7. The fourth-order valence-electron chi connectivity index (χ4n) is 1.93. The maximum atomic E-state index is 13.0. The smallest absolute Gasteiger partial charge is 0.194 e. The van der Waals surface area contributed by atoms with E-state index in [0.29, 0.717) is 6.42 Å². The molecule has 1 nitrogen and oxygen atoms in total. The second-order valence-electron chi connectivity index (χ2n) is 4.69. The number of Topliss-reactive ketones (excluding diaryl/α,β-unsaturated/α-hetero) is 1. The highest BCUT2D eigenvalue weighted by molar-refractivity contribution is 5.96. The molecule has 4 heteroatoms. The highest BCUT2D eigenvalue weighted by atomic mass is 19.2. The van der Waals surface area contributed by atoms with Gasteiger partial charge in [0, 0.05) is 12.0 Å². The first-order valence-corrected chi connectivity index (χ1v) is 6.74. The van der Waals surface area contributed by atoms with Crippen molar-refractivity contribution in [1.82, 2.24) is 0 Å². The van der Waals surface area contributed by atoms with Gasteiger partial charge in [-0.15, -0.1) is 0 Å². The lowest BCUT2D eigenvalue weighted by atomic mass is 10.0. The topological polar surface area (TPSA) is 17.1 Å². The fourth-order valence-corrected chi connectivity index (χ4v) is 1.93. The van der Waals surface area contributed by atoms with Gasteiger partial charge in [0.1, 0.15) is 0 Å². The zero-order chi connectivity index (χ0) is 14.3. The predicted octanol–water partition coefficient (Wildman–Crippen LogP) is 5.04. The standard InChI is InChI=1S/C15H19F3O/c1-2-3-4-5-6-7-8-14(19)11-9-12(16)15(18)13(17)10-11/h9-10H,2-8H2,1H3. The van der Waals surface area contributed by atoms with E-state index in [1.165, 1.54) is 6.42 Å². The molecule has 0 unspecified atom stereocenters. The third-order valence-electron chi connectivity index (χ3n) is 3.06. The molecule has 0 atom stereocenters. The second kappa shape index (κ2) is 7.97. The maximum absolute atomic E-state index is 13.0. The molecule has 0 aliphatic heterocycles. The van der Waals surface area contributed by atoms with Crippen LogP contribution in [0.25, 0.3) is 0 Å². The summed E-state index contributed by atoms with van der Waals surface area (Å²) in [5.41, 5.74) is -0.0926. The predicted molar refractivity (Wildman–Crippen MR) is 68.6 cm³/mol. The average Bonchev–Trinajstić information content (AvgIpc) is 2.39. The van der Waals surface area contributed by atoms with Gasteiger partial charge in [-0.1, -0.05) is 39.0 Å². The van der Waals surface area contributed by atoms with Gasteiger partial charge in [0.15, 0.2) is 23.2 Å². The van der Waals surface area contributed by atoms with Gasteiger partial charge in [-0.3, -0.25) is 4.79 Å². The van der Waals surface area contributed by atoms with Crippen LogP contribution in [0.3, 0.4) is 0 Å². The van der Waals surface area contributed by atoms with Crippen LogP contribution < -0.4 is 0 Å². The minimum absolute atomic E-state index is 0.0926. The van der Waals surface area contributed by atoms with E-state index in [2.05, 4.69) is 6.92 Å². The van der Waals surface area contributed by atoms with Crippen LogP contribution in [0, 0.1) is 17.5 Å². The van der Waals surface area contributed by atoms with Gasteiger partial charge in [0.05, 0.1) is 0 Å². The number of rotatable bonds is 8. The van der Waals surface area contributed by atoms with Crippen molar-refractivity contribution in [3.05, 3.63) is 35.1 Å². The molecule has 1 rings (SSSR count). The van der Waals surface area contributed by atoms with Crippen LogP contribution in [0.4, 0.5) is 13.2 Å². The van der Waals surface area contributed by atoms with Gasteiger partial charge in [0.25, 0.3) is 0 Å². The van der Waals surface area contributed by atoms with E-state index in [1.54, 1.807) is 0 Å². The molecule has 0 aliphatic carbocycles.